The molecule has 84 valence electrons. The molecule has 6 heteroatoms. The lowest BCUT2D eigenvalue weighted by Crippen LogP contribution is -1.94. The Hall–Kier alpha value is -2.14. The number of nitrogens with two attached hydrogens (primary N) is 1. The fourth-order valence-electron chi connectivity index (χ4n) is 1.66. The van der Waals surface area contributed by atoms with E-state index in [1.165, 1.54) is 6.20 Å². The summed E-state index contributed by atoms with van der Waals surface area (Å²) in [4.78, 5) is 8.16. The minimum atomic E-state index is 0.299. The molecule has 0 fully saturated rings. The van der Waals surface area contributed by atoms with Crippen LogP contribution in [0.2, 0.25) is 5.15 Å². The first kappa shape index (κ1) is 10.0. The molecular weight excluding hydrogens is 238 g/mol. The van der Waals surface area contributed by atoms with Gasteiger partial charge in [-0.15, -0.1) is 0 Å². The largest absolute Gasteiger partial charge is 0.382 e. The third-order valence-electron chi connectivity index (χ3n) is 2.46. The topological polar surface area (TPSA) is 80.5 Å². The maximum atomic E-state index is 6.01. The number of hydrogen-bond acceptors (Lipinski definition) is 4. The van der Waals surface area contributed by atoms with Crippen molar-refractivity contribution in [2.24, 2.45) is 0 Å². The first-order chi connectivity index (χ1) is 8.24. The minimum Gasteiger partial charge on any atom is -0.382 e. The summed E-state index contributed by atoms with van der Waals surface area (Å²) in [6, 6.07) is 5.78. The summed E-state index contributed by atoms with van der Waals surface area (Å²) < 4.78 is 0. The normalized spacial score (nSPS) is 10.9. The van der Waals surface area contributed by atoms with Gasteiger partial charge in [0.25, 0.3) is 0 Å². The number of fused-ring (bicyclic) bond motifs is 1. The molecule has 3 N–H and O–H groups in total. The van der Waals surface area contributed by atoms with Gasteiger partial charge in [0, 0.05) is 10.9 Å². The molecule has 1 aromatic carbocycles. The minimum absolute atomic E-state index is 0.299. The molecule has 3 rings (SSSR count). The van der Waals surface area contributed by atoms with Crippen LogP contribution in [0.15, 0.2) is 30.6 Å². The number of rotatable bonds is 1. The Morgan fingerprint density at radius 2 is 2.12 bits per heavy atom. The monoisotopic (exact) mass is 245 g/mol. The number of hydrogen-bond donors (Lipinski definition) is 2. The number of benzene rings is 1. The molecule has 5 nitrogen and oxygen atoms in total. The summed E-state index contributed by atoms with van der Waals surface area (Å²) >= 11 is 6.01. The van der Waals surface area contributed by atoms with Gasteiger partial charge in [0.05, 0.1) is 17.9 Å². The first-order valence-corrected chi connectivity index (χ1v) is 5.33. The lowest BCUT2D eigenvalue weighted by Gasteiger charge is -2.03. The molecule has 0 amide bonds. The van der Waals surface area contributed by atoms with Crippen molar-refractivity contribution < 1.29 is 0 Å². The van der Waals surface area contributed by atoms with Crippen LogP contribution in [0.5, 0.6) is 0 Å². The van der Waals surface area contributed by atoms with Crippen LogP contribution in [-0.4, -0.2) is 20.2 Å². The lowest BCUT2D eigenvalue weighted by atomic mass is 10.1. The summed E-state index contributed by atoms with van der Waals surface area (Å²) in [5, 5.41) is 8.14. The van der Waals surface area contributed by atoms with Gasteiger partial charge in [-0.1, -0.05) is 17.7 Å². The quantitative estimate of drug-likeness (QED) is 0.689. The van der Waals surface area contributed by atoms with Gasteiger partial charge in [-0.25, -0.2) is 9.97 Å². The summed E-state index contributed by atoms with van der Waals surface area (Å²) in [5.41, 5.74) is 7.97. The van der Waals surface area contributed by atoms with Gasteiger partial charge in [0.2, 0.25) is 0 Å². The predicted molar refractivity (Wildman–Crippen MR) is 66.5 cm³/mol. The second-order valence-corrected chi connectivity index (χ2v) is 3.96. The van der Waals surface area contributed by atoms with Crippen molar-refractivity contribution in [1.82, 2.24) is 20.2 Å². The van der Waals surface area contributed by atoms with E-state index < -0.39 is 0 Å². The molecule has 17 heavy (non-hydrogen) atoms. The number of nitrogens with one attached hydrogen (secondary N) is 1. The van der Waals surface area contributed by atoms with Crippen LogP contribution >= 0.6 is 11.6 Å². The Morgan fingerprint density at radius 3 is 2.94 bits per heavy atom. The fraction of sp³-hybridized carbons (Fsp3) is 0. The SMILES string of the molecule is Nc1cnc(-c2ccc3[nH]ncc3c2)c(Cl)n1. The fourth-order valence-corrected chi connectivity index (χ4v) is 1.92. The van der Waals surface area contributed by atoms with E-state index in [0.717, 1.165) is 16.5 Å². The Bertz CT molecular complexity index is 691. The van der Waals surface area contributed by atoms with Gasteiger partial charge < -0.3 is 5.73 Å². The number of anilines is 1. The summed E-state index contributed by atoms with van der Waals surface area (Å²) in [5.74, 6) is 0.308. The number of aromatic nitrogens is 4. The van der Waals surface area contributed by atoms with Gasteiger partial charge >= 0.3 is 0 Å². The summed E-state index contributed by atoms with van der Waals surface area (Å²) in [7, 11) is 0. The third-order valence-corrected chi connectivity index (χ3v) is 2.73. The second kappa shape index (κ2) is 3.71. The molecule has 3 aromatic rings. The van der Waals surface area contributed by atoms with Crippen LogP contribution in [0.4, 0.5) is 5.82 Å². The highest BCUT2D eigenvalue weighted by Gasteiger charge is 2.08. The van der Waals surface area contributed by atoms with Gasteiger partial charge in [-0.2, -0.15) is 5.10 Å². The predicted octanol–water partition coefficient (Wildman–Crippen LogP) is 2.26. The zero-order chi connectivity index (χ0) is 11.8. The van der Waals surface area contributed by atoms with Crippen LogP contribution in [0, 0.1) is 0 Å². The Kier molecular flexibility index (Phi) is 2.19. The van der Waals surface area contributed by atoms with Gasteiger partial charge in [0.1, 0.15) is 11.5 Å². The standard InChI is InChI=1S/C11H8ClN5/c12-11-10(14-5-9(13)16-11)6-1-2-8-7(3-6)4-15-17-8/h1-5H,(H2,13,16)(H,15,17). The van der Waals surface area contributed by atoms with Crippen molar-refractivity contribution in [2.45, 2.75) is 0 Å². The zero-order valence-corrected chi connectivity index (χ0v) is 9.44. The molecule has 0 bridgehead atoms. The molecule has 0 aliphatic rings. The van der Waals surface area contributed by atoms with Crippen molar-refractivity contribution in [1.29, 1.82) is 0 Å². The van der Waals surface area contributed by atoms with Crippen LogP contribution in [0.25, 0.3) is 22.2 Å². The molecule has 0 aliphatic heterocycles. The van der Waals surface area contributed by atoms with E-state index in [1.54, 1.807) is 6.20 Å². The molecule has 0 aliphatic carbocycles. The molecular formula is C11H8ClN5. The lowest BCUT2D eigenvalue weighted by molar-refractivity contribution is 1.12. The number of halogens is 1. The highest BCUT2D eigenvalue weighted by Crippen LogP contribution is 2.26. The molecule has 2 aromatic heterocycles. The molecule has 0 unspecified atom stereocenters. The van der Waals surface area contributed by atoms with Crippen LogP contribution in [-0.2, 0) is 0 Å². The summed E-state index contributed by atoms with van der Waals surface area (Å²) in [6.07, 6.45) is 3.23. The summed E-state index contributed by atoms with van der Waals surface area (Å²) in [6.45, 7) is 0. The highest BCUT2D eigenvalue weighted by molar-refractivity contribution is 6.31. The van der Waals surface area contributed by atoms with Crippen molar-refractivity contribution in [3.8, 4) is 11.3 Å². The Morgan fingerprint density at radius 1 is 1.24 bits per heavy atom. The maximum Gasteiger partial charge on any atom is 0.157 e. The average molecular weight is 246 g/mol. The molecule has 0 atom stereocenters. The van der Waals surface area contributed by atoms with Crippen molar-refractivity contribution in [3.63, 3.8) is 0 Å². The van der Waals surface area contributed by atoms with E-state index in [1.807, 2.05) is 18.2 Å². The van der Waals surface area contributed by atoms with Crippen molar-refractivity contribution >= 4 is 28.3 Å². The van der Waals surface area contributed by atoms with Gasteiger partial charge in [0.15, 0.2) is 5.15 Å². The highest BCUT2D eigenvalue weighted by atomic mass is 35.5. The van der Waals surface area contributed by atoms with Crippen LogP contribution < -0.4 is 5.73 Å². The van der Waals surface area contributed by atoms with E-state index in [2.05, 4.69) is 20.2 Å². The number of H-pyrrole nitrogens is 1. The van der Waals surface area contributed by atoms with Crippen molar-refractivity contribution in [3.05, 3.63) is 35.7 Å². The van der Waals surface area contributed by atoms with Gasteiger partial charge in [-0.3, -0.25) is 5.10 Å². The number of nitrogens with zero attached hydrogens (tertiary/aromatic N) is 3. The molecule has 0 radical (unpaired) electrons. The Labute approximate surface area is 102 Å². The van der Waals surface area contributed by atoms with E-state index in [4.69, 9.17) is 17.3 Å². The van der Waals surface area contributed by atoms with Crippen LogP contribution in [0.3, 0.4) is 0 Å². The zero-order valence-electron chi connectivity index (χ0n) is 8.68. The molecule has 0 spiro atoms. The van der Waals surface area contributed by atoms with Crippen molar-refractivity contribution in [2.75, 3.05) is 5.73 Å². The van der Waals surface area contributed by atoms with E-state index in [0.29, 0.717) is 16.7 Å². The molecule has 0 saturated carbocycles. The second-order valence-electron chi connectivity index (χ2n) is 3.61. The van der Waals surface area contributed by atoms with E-state index in [9.17, 15) is 0 Å². The average Bonchev–Trinajstić information content (AvgIpc) is 2.75. The first-order valence-electron chi connectivity index (χ1n) is 4.95. The number of aromatic amines is 1. The smallest absolute Gasteiger partial charge is 0.157 e. The number of nitrogen functional groups attached to an aromatic ring is 1. The Balaban J connectivity index is 2.19. The van der Waals surface area contributed by atoms with Crippen LogP contribution in [0.1, 0.15) is 0 Å². The maximum absolute atomic E-state index is 6.01. The third kappa shape index (κ3) is 1.70. The molecule has 0 saturated heterocycles. The van der Waals surface area contributed by atoms with Gasteiger partial charge in [-0.05, 0) is 12.1 Å². The van der Waals surface area contributed by atoms with E-state index >= 15 is 0 Å². The van der Waals surface area contributed by atoms with E-state index in [-0.39, 0.29) is 0 Å². The molecule has 2 heterocycles.